The van der Waals surface area contributed by atoms with E-state index in [4.69, 9.17) is 9.47 Å². The summed E-state index contributed by atoms with van der Waals surface area (Å²) in [5.41, 5.74) is 0. The number of ether oxygens (including phenoxy) is 2. The number of sulfone groups is 1. The molecule has 1 heterocycles. The largest absolute Gasteiger partial charge is 0.493 e. The highest BCUT2D eigenvalue weighted by atomic mass is 127. The third-order valence-corrected chi connectivity index (χ3v) is 5.97. The predicted octanol–water partition coefficient (Wildman–Crippen LogP) is 2.07. The predicted molar refractivity (Wildman–Crippen MR) is 119 cm³/mol. The lowest BCUT2D eigenvalue weighted by Gasteiger charge is -2.17. The van der Waals surface area contributed by atoms with Crippen molar-refractivity contribution in [2.24, 2.45) is 10.9 Å². The molecule has 1 aliphatic heterocycles. The van der Waals surface area contributed by atoms with Crippen molar-refractivity contribution in [2.45, 2.75) is 26.4 Å². The zero-order valence-corrected chi connectivity index (χ0v) is 19.3. The van der Waals surface area contributed by atoms with Gasteiger partial charge in [-0.15, -0.1) is 24.0 Å². The highest BCUT2D eigenvalue weighted by Crippen LogP contribution is 2.26. The molecule has 0 radical (unpaired) electrons. The van der Waals surface area contributed by atoms with Crippen LogP contribution in [0.5, 0.6) is 11.5 Å². The van der Waals surface area contributed by atoms with Crippen LogP contribution >= 0.6 is 24.0 Å². The van der Waals surface area contributed by atoms with Gasteiger partial charge in [0, 0.05) is 13.1 Å². The van der Waals surface area contributed by atoms with Crippen molar-refractivity contribution in [1.82, 2.24) is 10.6 Å². The molecule has 2 rings (SSSR count). The van der Waals surface area contributed by atoms with Crippen molar-refractivity contribution in [2.75, 3.05) is 38.2 Å². The summed E-state index contributed by atoms with van der Waals surface area (Å²) in [5.74, 6) is 2.74. The van der Waals surface area contributed by atoms with E-state index >= 15 is 0 Å². The number of rotatable bonds is 8. The van der Waals surface area contributed by atoms with Gasteiger partial charge in [-0.05, 0) is 38.3 Å². The van der Waals surface area contributed by atoms with Crippen molar-refractivity contribution in [3.63, 3.8) is 0 Å². The number of halogens is 1. The molecular weight excluding hydrogens is 481 g/mol. The van der Waals surface area contributed by atoms with E-state index in [1.54, 1.807) is 7.11 Å². The summed E-state index contributed by atoms with van der Waals surface area (Å²) in [6.45, 7) is 5.74. The molecule has 0 spiro atoms. The number of para-hydroxylation sites is 2. The van der Waals surface area contributed by atoms with E-state index in [1.807, 2.05) is 38.1 Å². The number of hydrogen-bond donors (Lipinski definition) is 2. The van der Waals surface area contributed by atoms with E-state index in [1.165, 1.54) is 0 Å². The quantitative estimate of drug-likeness (QED) is 0.316. The van der Waals surface area contributed by atoms with Crippen LogP contribution in [0.15, 0.2) is 29.3 Å². The summed E-state index contributed by atoms with van der Waals surface area (Å²) in [6, 6.07) is 7.51. The fourth-order valence-corrected chi connectivity index (χ4v) is 4.67. The topological polar surface area (TPSA) is 89.0 Å². The average Bonchev–Trinajstić information content (AvgIpc) is 2.97. The summed E-state index contributed by atoms with van der Waals surface area (Å²) in [4.78, 5) is 4.54. The Balaban J connectivity index is 0.00000364. The summed E-state index contributed by atoms with van der Waals surface area (Å²) in [7, 11) is -1.24. The molecule has 0 aliphatic carbocycles. The van der Waals surface area contributed by atoms with Gasteiger partial charge in [-0.2, -0.15) is 0 Å². The Morgan fingerprint density at radius 3 is 2.59 bits per heavy atom. The summed E-state index contributed by atoms with van der Waals surface area (Å²) in [5, 5.41) is 6.41. The van der Waals surface area contributed by atoms with Crippen LogP contribution < -0.4 is 20.1 Å². The molecular formula is C18H30IN3O4S. The maximum Gasteiger partial charge on any atom is 0.191 e. The van der Waals surface area contributed by atoms with E-state index < -0.39 is 9.84 Å². The number of methoxy groups -OCH3 is 1. The Hall–Kier alpha value is -1.23. The third kappa shape index (κ3) is 8.12. The van der Waals surface area contributed by atoms with E-state index in [-0.39, 0.29) is 47.5 Å². The molecule has 7 nitrogen and oxygen atoms in total. The van der Waals surface area contributed by atoms with Crippen LogP contribution in [0.25, 0.3) is 0 Å². The minimum absolute atomic E-state index is 0. The number of benzene rings is 1. The number of nitrogens with zero attached hydrogens (tertiary/aromatic N) is 1. The molecule has 154 valence electrons. The molecule has 2 atom stereocenters. The minimum Gasteiger partial charge on any atom is -0.493 e. The minimum atomic E-state index is -2.85. The van der Waals surface area contributed by atoms with Crippen LogP contribution in [0, 0.1) is 5.92 Å². The van der Waals surface area contributed by atoms with E-state index in [9.17, 15) is 8.42 Å². The van der Waals surface area contributed by atoms with Gasteiger partial charge in [-0.1, -0.05) is 12.1 Å². The first-order valence-electron chi connectivity index (χ1n) is 8.95. The van der Waals surface area contributed by atoms with Gasteiger partial charge in [0.15, 0.2) is 27.3 Å². The molecule has 27 heavy (non-hydrogen) atoms. The van der Waals surface area contributed by atoms with Gasteiger partial charge in [0.1, 0.15) is 6.10 Å². The molecule has 2 N–H and O–H groups in total. The molecule has 2 unspecified atom stereocenters. The van der Waals surface area contributed by atoms with Crippen LogP contribution in [-0.2, 0) is 9.84 Å². The standard InChI is InChI=1S/C18H29N3O4S.HI/c1-4-19-18(21-12-15-9-10-26(22,23)13-15)20-11-14(2)25-17-8-6-5-7-16(17)24-3;/h5-8,14-15H,4,9-13H2,1-3H3,(H2,19,20,21);1H. The average molecular weight is 511 g/mol. The maximum absolute atomic E-state index is 11.6. The molecule has 0 bridgehead atoms. The van der Waals surface area contributed by atoms with Gasteiger partial charge in [0.25, 0.3) is 0 Å². The number of hydrogen-bond acceptors (Lipinski definition) is 5. The van der Waals surface area contributed by atoms with Crippen LogP contribution in [0.2, 0.25) is 0 Å². The molecule has 1 aromatic carbocycles. The number of nitrogens with one attached hydrogen (secondary N) is 2. The monoisotopic (exact) mass is 511 g/mol. The van der Waals surface area contributed by atoms with Gasteiger partial charge in [0.05, 0.1) is 25.2 Å². The van der Waals surface area contributed by atoms with Gasteiger partial charge >= 0.3 is 0 Å². The second-order valence-electron chi connectivity index (χ2n) is 6.45. The highest BCUT2D eigenvalue weighted by molar-refractivity contribution is 14.0. The second kappa shape index (κ2) is 11.6. The molecule has 0 saturated carbocycles. The molecule has 1 aromatic rings. The fourth-order valence-electron chi connectivity index (χ4n) is 2.81. The van der Waals surface area contributed by atoms with Gasteiger partial charge in [-0.3, -0.25) is 0 Å². The highest BCUT2D eigenvalue weighted by Gasteiger charge is 2.27. The van der Waals surface area contributed by atoms with E-state index in [2.05, 4.69) is 15.6 Å². The summed E-state index contributed by atoms with van der Waals surface area (Å²) in [6.07, 6.45) is 0.579. The SMILES string of the molecule is CCNC(=NCC(C)Oc1ccccc1OC)NCC1CCS(=O)(=O)C1.I. The number of aliphatic imine (C=N–C) groups is 1. The summed E-state index contributed by atoms with van der Waals surface area (Å²) < 4.78 is 34.3. The zero-order valence-electron chi connectivity index (χ0n) is 16.1. The lowest BCUT2D eigenvalue weighted by molar-refractivity contribution is 0.219. The van der Waals surface area contributed by atoms with Crippen molar-refractivity contribution in [3.05, 3.63) is 24.3 Å². The fraction of sp³-hybridized carbons (Fsp3) is 0.611. The molecule has 0 aromatic heterocycles. The van der Waals surface area contributed by atoms with E-state index in [0.717, 1.165) is 6.54 Å². The van der Waals surface area contributed by atoms with Gasteiger partial charge in [0.2, 0.25) is 0 Å². The van der Waals surface area contributed by atoms with Gasteiger partial charge in [-0.25, -0.2) is 13.4 Å². The maximum atomic E-state index is 11.6. The van der Waals surface area contributed by atoms with Crippen LogP contribution in [-0.4, -0.2) is 58.7 Å². The Bertz CT molecular complexity index is 712. The van der Waals surface area contributed by atoms with Crippen LogP contribution in [0.4, 0.5) is 0 Å². The van der Waals surface area contributed by atoms with Crippen molar-refractivity contribution in [1.29, 1.82) is 0 Å². The number of guanidine groups is 1. The molecule has 1 fully saturated rings. The summed E-state index contributed by atoms with van der Waals surface area (Å²) >= 11 is 0. The molecule has 0 amide bonds. The van der Waals surface area contributed by atoms with Crippen molar-refractivity contribution < 1.29 is 17.9 Å². The Labute approximate surface area is 179 Å². The first-order valence-corrected chi connectivity index (χ1v) is 10.8. The molecule has 1 aliphatic rings. The second-order valence-corrected chi connectivity index (χ2v) is 8.68. The lowest BCUT2D eigenvalue weighted by atomic mass is 10.1. The van der Waals surface area contributed by atoms with Crippen LogP contribution in [0.3, 0.4) is 0 Å². The third-order valence-electron chi connectivity index (χ3n) is 4.13. The van der Waals surface area contributed by atoms with Crippen molar-refractivity contribution >= 4 is 39.8 Å². The zero-order chi connectivity index (χ0) is 19.0. The molecule has 9 heteroatoms. The Kier molecular flexibility index (Phi) is 10.2. The lowest BCUT2D eigenvalue weighted by Crippen LogP contribution is -2.40. The normalized spacial score (nSPS) is 19.7. The molecule has 1 saturated heterocycles. The smallest absolute Gasteiger partial charge is 0.191 e. The van der Waals surface area contributed by atoms with Gasteiger partial charge < -0.3 is 20.1 Å². The first kappa shape index (κ1) is 23.8. The van der Waals surface area contributed by atoms with Crippen LogP contribution in [0.1, 0.15) is 20.3 Å². The van der Waals surface area contributed by atoms with E-state index in [0.29, 0.717) is 37.0 Å². The first-order chi connectivity index (χ1) is 12.4. The Morgan fingerprint density at radius 2 is 2.00 bits per heavy atom. The van der Waals surface area contributed by atoms with Crippen molar-refractivity contribution in [3.8, 4) is 11.5 Å². The Morgan fingerprint density at radius 1 is 1.30 bits per heavy atom.